The summed E-state index contributed by atoms with van der Waals surface area (Å²) >= 11 is 2.19. The Balaban J connectivity index is 3.06. The van der Waals surface area contributed by atoms with Crippen LogP contribution >= 0.6 is 22.6 Å². The molecule has 0 fully saturated rings. The minimum absolute atomic E-state index is 0.740. The van der Waals surface area contributed by atoms with Crippen molar-refractivity contribution in [2.75, 3.05) is 12.8 Å². The fourth-order valence-electron chi connectivity index (χ4n) is 0.702. The zero-order chi connectivity index (χ0) is 7.56. The summed E-state index contributed by atoms with van der Waals surface area (Å²) in [6.07, 6.45) is 0. The molecular weight excluding hydrogens is 241 g/mol. The molecule has 0 spiro atoms. The van der Waals surface area contributed by atoms with Crippen LogP contribution in [0.15, 0.2) is 18.2 Å². The summed E-state index contributed by atoms with van der Waals surface area (Å²) in [6, 6.07) is 5.61. The van der Waals surface area contributed by atoms with E-state index in [1.807, 2.05) is 12.1 Å². The first-order valence-electron chi connectivity index (χ1n) is 2.82. The average molecular weight is 249 g/mol. The van der Waals surface area contributed by atoms with Crippen molar-refractivity contribution < 1.29 is 4.74 Å². The predicted molar refractivity (Wildman–Crippen MR) is 50.1 cm³/mol. The highest BCUT2D eigenvalue weighted by Gasteiger charge is 1.94. The molecule has 0 atom stereocenters. The van der Waals surface area contributed by atoms with Crippen molar-refractivity contribution in [1.29, 1.82) is 0 Å². The molecular formula is C7H8INO. The lowest BCUT2D eigenvalue weighted by atomic mass is 10.3. The van der Waals surface area contributed by atoms with Crippen LogP contribution < -0.4 is 10.5 Å². The van der Waals surface area contributed by atoms with E-state index in [1.165, 1.54) is 0 Å². The van der Waals surface area contributed by atoms with Crippen molar-refractivity contribution in [3.05, 3.63) is 21.8 Å². The molecule has 0 aromatic heterocycles. The van der Waals surface area contributed by atoms with Crippen LogP contribution in [0.5, 0.6) is 5.75 Å². The minimum atomic E-state index is 0.740. The Morgan fingerprint density at radius 1 is 1.40 bits per heavy atom. The normalized spacial score (nSPS) is 9.40. The van der Waals surface area contributed by atoms with Crippen LogP contribution in [0.4, 0.5) is 5.69 Å². The summed E-state index contributed by atoms with van der Waals surface area (Å²) in [4.78, 5) is 0. The molecule has 0 unspecified atom stereocenters. The average Bonchev–Trinajstić information content (AvgIpc) is 1.85. The molecule has 1 aromatic carbocycles. The Hall–Kier alpha value is -0.450. The van der Waals surface area contributed by atoms with Gasteiger partial charge in [-0.3, -0.25) is 0 Å². The van der Waals surface area contributed by atoms with Crippen LogP contribution in [0.25, 0.3) is 0 Å². The zero-order valence-electron chi connectivity index (χ0n) is 5.60. The van der Waals surface area contributed by atoms with Gasteiger partial charge in [-0.05, 0) is 34.7 Å². The first-order chi connectivity index (χ1) is 4.72. The van der Waals surface area contributed by atoms with Crippen LogP contribution in [-0.4, -0.2) is 7.11 Å². The van der Waals surface area contributed by atoms with Crippen LogP contribution in [0.1, 0.15) is 0 Å². The second-order valence-electron chi connectivity index (χ2n) is 1.92. The van der Waals surface area contributed by atoms with E-state index in [2.05, 4.69) is 22.6 Å². The lowest BCUT2D eigenvalue weighted by molar-refractivity contribution is 0.414. The summed E-state index contributed by atoms with van der Waals surface area (Å²) in [5.41, 5.74) is 6.29. The Kier molecular flexibility index (Phi) is 2.37. The maximum absolute atomic E-state index is 5.55. The van der Waals surface area contributed by atoms with Crippen molar-refractivity contribution in [2.24, 2.45) is 0 Å². The third-order valence-electron chi connectivity index (χ3n) is 1.13. The zero-order valence-corrected chi connectivity index (χ0v) is 7.75. The minimum Gasteiger partial charge on any atom is -0.497 e. The maximum Gasteiger partial charge on any atom is 0.121 e. The maximum atomic E-state index is 5.55. The molecule has 1 aromatic rings. The number of benzene rings is 1. The first kappa shape index (κ1) is 7.65. The molecule has 0 aliphatic rings. The monoisotopic (exact) mass is 249 g/mol. The van der Waals surface area contributed by atoms with Gasteiger partial charge in [0.15, 0.2) is 0 Å². The van der Waals surface area contributed by atoms with E-state index < -0.39 is 0 Å². The van der Waals surface area contributed by atoms with Crippen LogP contribution in [0, 0.1) is 3.57 Å². The summed E-state index contributed by atoms with van der Waals surface area (Å²) < 4.78 is 6.08. The lowest BCUT2D eigenvalue weighted by Gasteiger charge is -2.00. The fourth-order valence-corrected chi connectivity index (χ4v) is 1.37. The number of nitrogen functional groups attached to an aromatic ring is 1. The highest BCUT2D eigenvalue weighted by atomic mass is 127. The molecule has 3 heteroatoms. The lowest BCUT2D eigenvalue weighted by Crippen LogP contribution is -1.88. The van der Waals surface area contributed by atoms with Crippen molar-refractivity contribution in [3.8, 4) is 5.75 Å². The van der Waals surface area contributed by atoms with Gasteiger partial charge in [-0.1, -0.05) is 0 Å². The molecule has 1 rings (SSSR count). The highest BCUT2D eigenvalue weighted by Crippen LogP contribution is 2.19. The van der Waals surface area contributed by atoms with Gasteiger partial charge in [-0.25, -0.2) is 0 Å². The molecule has 0 saturated heterocycles. The van der Waals surface area contributed by atoms with E-state index >= 15 is 0 Å². The van der Waals surface area contributed by atoms with Gasteiger partial charge in [0.05, 0.1) is 7.11 Å². The Morgan fingerprint density at radius 2 is 2.10 bits per heavy atom. The number of ether oxygens (including phenoxy) is 1. The predicted octanol–water partition coefficient (Wildman–Crippen LogP) is 1.88. The Morgan fingerprint density at radius 3 is 2.60 bits per heavy atom. The summed E-state index contributed by atoms with van der Waals surface area (Å²) in [5.74, 6) is 0.810. The first-order valence-corrected chi connectivity index (χ1v) is 3.90. The van der Waals surface area contributed by atoms with Crippen molar-refractivity contribution in [3.63, 3.8) is 0 Å². The molecule has 0 radical (unpaired) electrons. The van der Waals surface area contributed by atoms with E-state index in [9.17, 15) is 0 Å². The van der Waals surface area contributed by atoms with Crippen molar-refractivity contribution >= 4 is 28.3 Å². The third-order valence-corrected chi connectivity index (χ3v) is 1.75. The number of hydrogen-bond donors (Lipinski definition) is 1. The van der Waals surface area contributed by atoms with Crippen LogP contribution in [0.2, 0.25) is 0 Å². The summed E-state index contributed by atoms with van der Waals surface area (Å²) in [7, 11) is 1.63. The Bertz CT molecular complexity index is 217. The van der Waals surface area contributed by atoms with Gasteiger partial charge in [0, 0.05) is 15.3 Å². The number of methoxy groups -OCH3 is 1. The molecule has 10 heavy (non-hydrogen) atoms. The SMILES string of the molecule is COc1cc(N)cc(I)c1. The molecule has 2 nitrogen and oxygen atoms in total. The quantitative estimate of drug-likeness (QED) is 0.609. The van der Waals surface area contributed by atoms with Crippen LogP contribution in [-0.2, 0) is 0 Å². The molecule has 0 bridgehead atoms. The smallest absolute Gasteiger partial charge is 0.121 e. The van der Waals surface area contributed by atoms with Gasteiger partial charge in [0.2, 0.25) is 0 Å². The number of anilines is 1. The molecule has 0 aliphatic carbocycles. The van der Waals surface area contributed by atoms with Gasteiger partial charge < -0.3 is 10.5 Å². The molecule has 54 valence electrons. The largest absolute Gasteiger partial charge is 0.497 e. The molecule has 0 heterocycles. The van der Waals surface area contributed by atoms with Crippen molar-refractivity contribution in [1.82, 2.24) is 0 Å². The number of halogens is 1. The van der Waals surface area contributed by atoms with Gasteiger partial charge in [-0.2, -0.15) is 0 Å². The second-order valence-corrected chi connectivity index (χ2v) is 3.17. The van der Waals surface area contributed by atoms with Crippen molar-refractivity contribution in [2.45, 2.75) is 0 Å². The molecule has 0 aliphatic heterocycles. The number of hydrogen-bond acceptors (Lipinski definition) is 2. The van der Waals surface area contributed by atoms with E-state index in [0.717, 1.165) is 15.0 Å². The van der Waals surface area contributed by atoms with E-state index in [4.69, 9.17) is 10.5 Å². The van der Waals surface area contributed by atoms with E-state index in [-0.39, 0.29) is 0 Å². The molecule has 2 N–H and O–H groups in total. The van der Waals surface area contributed by atoms with Gasteiger partial charge in [0.25, 0.3) is 0 Å². The standard InChI is InChI=1S/C7H8INO/c1-10-7-3-5(8)2-6(9)4-7/h2-4H,9H2,1H3. The molecule has 0 amide bonds. The summed E-state index contributed by atoms with van der Waals surface area (Å²) in [5, 5.41) is 0. The second kappa shape index (κ2) is 3.09. The molecule has 0 saturated carbocycles. The van der Waals surface area contributed by atoms with Crippen LogP contribution in [0.3, 0.4) is 0 Å². The van der Waals surface area contributed by atoms with Gasteiger partial charge in [0.1, 0.15) is 5.75 Å². The number of rotatable bonds is 1. The third kappa shape index (κ3) is 1.76. The van der Waals surface area contributed by atoms with Gasteiger partial charge >= 0.3 is 0 Å². The number of nitrogens with two attached hydrogens (primary N) is 1. The van der Waals surface area contributed by atoms with Gasteiger partial charge in [-0.15, -0.1) is 0 Å². The summed E-state index contributed by atoms with van der Waals surface area (Å²) in [6.45, 7) is 0. The highest BCUT2D eigenvalue weighted by molar-refractivity contribution is 14.1. The topological polar surface area (TPSA) is 35.2 Å². The fraction of sp³-hybridized carbons (Fsp3) is 0.143. The Labute approximate surface area is 73.5 Å². The van der Waals surface area contributed by atoms with E-state index in [0.29, 0.717) is 0 Å². The van der Waals surface area contributed by atoms with E-state index in [1.54, 1.807) is 13.2 Å².